The molecule has 0 aromatic carbocycles. The number of nitrogens with zero attached hydrogens (tertiary/aromatic N) is 1. The van der Waals surface area contributed by atoms with Crippen LogP contribution in [0.15, 0.2) is 0 Å². The summed E-state index contributed by atoms with van der Waals surface area (Å²) in [7, 11) is 1.66. The van der Waals surface area contributed by atoms with Gasteiger partial charge in [-0.05, 0) is 40.0 Å². The smallest absolute Gasteiger partial charge is 0.376 e. The first-order chi connectivity index (χ1) is 29.2. The molecule has 1 fully saturated rings. The highest BCUT2D eigenvalue weighted by Gasteiger charge is 2.38. The molecule has 3 atom stereocenters. The first kappa shape index (κ1) is 56.6. The number of unbranched alkanes of at least 4 members (excludes halogenated alkanes) is 30. The fourth-order valence-electron chi connectivity index (χ4n) is 8.03. The number of likely N-dealkylation sites (tertiary alicyclic amines) is 1. The van der Waals surface area contributed by atoms with Crippen LogP contribution in [0, 0.1) is 0 Å². The fraction of sp³-hybridized carbons (Fsp3) is 0.961. The first-order valence-electron chi connectivity index (χ1n) is 25.9. The Morgan fingerprint density at radius 1 is 0.567 bits per heavy atom. The van der Waals surface area contributed by atoms with Crippen LogP contribution in [-0.2, 0) is 23.7 Å². The Balaban J connectivity index is 2.32. The van der Waals surface area contributed by atoms with Crippen LogP contribution in [0.1, 0.15) is 247 Å². The Bertz CT molecular complexity index is 920. The lowest BCUT2D eigenvalue weighted by molar-refractivity contribution is -0.0721. The summed E-state index contributed by atoms with van der Waals surface area (Å²) in [4.78, 5) is 27.1. The van der Waals surface area contributed by atoms with Gasteiger partial charge in [0.2, 0.25) is 0 Å². The van der Waals surface area contributed by atoms with Gasteiger partial charge in [-0.1, -0.05) is 206 Å². The highest BCUT2D eigenvalue weighted by atomic mass is 16.6. The third-order valence-corrected chi connectivity index (χ3v) is 12.4. The number of hydrogen-bond acceptors (Lipinski definition) is 7. The molecular weight excluding hydrogens is 753 g/mol. The number of amides is 2. The molecule has 0 aromatic rings. The highest BCUT2D eigenvalue weighted by molar-refractivity contribution is 5.83. The van der Waals surface area contributed by atoms with Crippen molar-refractivity contribution in [3.63, 3.8) is 0 Å². The molecule has 0 spiro atoms. The van der Waals surface area contributed by atoms with Crippen molar-refractivity contribution in [2.24, 2.45) is 0 Å². The van der Waals surface area contributed by atoms with Crippen LogP contribution in [0.2, 0.25) is 0 Å². The van der Waals surface area contributed by atoms with E-state index in [9.17, 15) is 9.59 Å². The summed E-state index contributed by atoms with van der Waals surface area (Å²) >= 11 is 0. The van der Waals surface area contributed by atoms with Gasteiger partial charge in [0, 0.05) is 26.9 Å². The predicted octanol–water partition coefficient (Wildman–Crippen LogP) is 14.7. The lowest BCUT2D eigenvalue weighted by Gasteiger charge is -2.25. The summed E-state index contributed by atoms with van der Waals surface area (Å²) in [5, 5.41) is 2.69. The maximum atomic E-state index is 13.0. The van der Waals surface area contributed by atoms with E-state index < -0.39 is 12.2 Å². The van der Waals surface area contributed by atoms with Crippen LogP contribution in [0.25, 0.3) is 0 Å². The summed E-state index contributed by atoms with van der Waals surface area (Å²) in [6.45, 7) is 13.3. The zero-order chi connectivity index (χ0) is 43.8. The van der Waals surface area contributed by atoms with Crippen LogP contribution in [0.4, 0.5) is 9.59 Å². The number of methoxy groups -OCH3 is 1. The lowest BCUT2D eigenvalue weighted by Crippen LogP contribution is -2.37. The average molecular weight is 853 g/mol. The SMILES string of the molecule is CCCCCCCCCCCCCCCCCCOC1CN(C(=O)OC(=O)NCCC(C)OCC(C)(C)OC)CC1OCCCCCCCCCCCCCCCCCC. The molecule has 1 heterocycles. The van der Waals surface area contributed by atoms with E-state index in [0.717, 1.165) is 25.7 Å². The first-order valence-corrected chi connectivity index (χ1v) is 25.9. The molecule has 1 aliphatic heterocycles. The van der Waals surface area contributed by atoms with E-state index in [2.05, 4.69) is 19.2 Å². The molecule has 0 aromatic heterocycles. The Morgan fingerprint density at radius 3 is 1.23 bits per heavy atom. The quantitative estimate of drug-likeness (QED) is 0.0482. The molecule has 0 saturated carbocycles. The van der Waals surface area contributed by atoms with Crippen LogP contribution in [-0.4, -0.2) is 87.6 Å². The molecule has 3 unspecified atom stereocenters. The average Bonchev–Trinajstić information content (AvgIpc) is 3.65. The molecule has 9 nitrogen and oxygen atoms in total. The van der Waals surface area contributed by atoms with E-state index >= 15 is 0 Å². The van der Waals surface area contributed by atoms with Crippen LogP contribution < -0.4 is 5.32 Å². The summed E-state index contributed by atoms with van der Waals surface area (Å²) in [5.41, 5.74) is -0.372. The molecule has 1 rings (SSSR count). The minimum atomic E-state index is -0.743. The van der Waals surface area contributed by atoms with Crippen LogP contribution in [0.3, 0.4) is 0 Å². The van der Waals surface area contributed by atoms with Crippen molar-refractivity contribution < 1.29 is 33.3 Å². The maximum Gasteiger partial charge on any atom is 0.418 e. The Morgan fingerprint density at radius 2 is 0.900 bits per heavy atom. The van der Waals surface area contributed by atoms with E-state index in [-0.39, 0.29) is 23.9 Å². The van der Waals surface area contributed by atoms with Gasteiger partial charge < -0.3 is 33.9 Å². The number of ether oxygens (including phenoxy) is 5. The lowest BCUT2D eigenvalue weighted by atomic mass is 10.0. The number of rotatable bonds is 43. The molecule has 2 amide bonds. The van der Waals surface area contributed by atoms with E-state index in [0.29, 0.717) is 45.9 Å². The van der Waals surface area contributed by atoms with Gasteiger partial charge in [0.15, 0.2) is 0 Å². The number of alkyl carbamates (subject to hydrolysis) is 1. The van der Waals surface area contributed by atoms with Crippen molar-refractivity contribution in [2.45, 2.75) is 270 Å². The van der Waals surface area contributed by atoms with Crippen molar-refractivity contribution in [1.82, 2.24) is 10.2 Å². The molecule has 1 N–H and O–H groups in total. The minimum Gasteiger partial charge on any atom is -0.376 e. The van der Waals surface area contributed by atoms with Gasteiger partial charge in [0.1, 0.15) is 12.2 Å². The second kappa shape index (κ2) is 40.4. The predicted molar refractivity (Wildman–Crippen MR) is 251 cm³/mol. The third-order valence-electron chi connectivity index (χ3n) is 12.4. The van der Waals surface area contributed by atoms with Gasteiger partial charge in [-0.15, -0.1) is 0 Å². The molecule has 0 radical (unpaired) electrons. The van der Waals surface area contributed by atoms with E-state index in [1.165, 1.54) is 180 Å². The Labute approximate surface area is 371 Å². The second-order valence-corrected chi connectivity index (χ2v) is 18.8. The molecule has 356 valence electrons. The standard InChI is InChI=1S/C51H100N2O7/c1-7-9-11-13-15-17-19-21-23-25-27-29-31-33-35-37-41-57-47-43-53(50(55)60-49(54)52-40-39-46(3)59-45-51(4,5)56-6)44-48(47)58-42-38-36-34-32-30-28-26-24-22-20-18-16-14-12-10-8-2/h46-48H,7-45H2,1-6H3,(H,52,54). The largest absolute Gasteiger partial charge is 0.418 e. The van der Waals surface area contributed by atoms with Crippen molar-refractivity contribution in [3.8, 4) is 0 Å². The number of carbonyl (C=O) groups excluding carboxylic acids is 2. The maximum absolute atomic E-state index is 13.0. The number of carbonyl (C=O) groups is 2. The van der Waals surface area contributed by atoms with Gasteiger partial charge in [-0.25, -0.2) is 9.59 Å². The summed E-state index contributed by atoms with van der Waals surface area (Å²) in [6.07, 6.45) is 41.5. The van der Waals surface area contributed by atoms with Crippen molar-refractivity contribution in [2.75, 3.05) is 46.6 Å². The van der Waals surface area contributed by atoms with E-state index in [4.69, 9.17) is 23.7 Å². The topological polar surface area (TPSA) is 95.6 Å². The molecule has 9 heteroatoms. The van der Waals surface area contributed by atoms with Crippen molar-refractivity contribution >= 4 is 12.2 Å². The van der Waals surface area contributed by atoms with Crippen LogP contribution >= 0.6 is 0 Å². The fourth-order valence-corrected chi connectivity index (χ4v) is 8.03. The van der Waals surface area contributed by atoms with Gasteiger partial charge in [0.05, 0.1) is 31.4 Å². The second-order valence-electron chi connectivity index (χ2n) is 18.8. The molecule has 60 heavy (non-hydrogen) atoms. The van der Waals surface area contributed by atoms with Crippen LogP contribution in [0.5, 0.6) is 0 Å². The monoisotopic (exact) mass is 853 g/mol. The molecular formula is C51H100N2O7. The highest BCUT2D eigenvalue weighted by Crippen LogP contribution is 2.21. The molecule has 0 bridgehead atoms. The normalized spacial score (nSPS) is 16.1. The van der Waals surface area contributed by atoms with Gasteiger partial charge >= 0.3 is 12.2 Å². The minimum absolute atomic E-state index is 0.0754. The molecule has 1 aliphatic rings. The van der Waals surface area contributed by atoms with Gasteiger partial charge in [0.25, 0.3) is 0 Å². The summed E-state index contributed by atoms with van der Waals surface area (Å²) < 4.78 is 29.1. The zero-order valence-corrected chi connectivity index (χ0v) is 40.6. The number of hydrogen-bond donors (Lipinski definition) is 1. The van der Waals surface area contributed by atoms with E-state index in [1.54, 1.807) is 12.0 Å². The van der Waals surface area contributed by atoms with E-state index in [1.807, 2.05) is 20.8 Å². The summed E-state index contributed by atoms with van der Waals surface area (Å²) in [5.74, 6) is 0. The van der Waals surface area contributed by atoms with Crippen molar-refractivity contribution in [1.29, 1.82) is 0 Å². The zero-order valence-electron chi connectivity index (χ0n) is 40.6. The Hall–Kier alpha value is -1.42. The van der Waals surface area contributed by atoms with Gasteiger partial charge in [-0.3, -0.25) is 0 Å². The van der Waals surface area contributed by atoms with Crippen molar-refractivity contribution in [3.05, 3.63) is 0 Å². The molecule has 1 saturated heterocycles. The summed E-state index contributed by atoms with van der Waals surface area (Å²) in [6, 6.07) is 0. The number of nitrogens with one attached hydrogen (secondary N) is 1. The van der Waals surface area contributed by atoms with Gasteiger partial charge in [-0.2, -0.15) is 0 Å². The molecule has 0 aliphatic carbocycles. The third kappa shape index (κ3) is 34.1. The Kier molecular flexibility index (Phi) is 38.1.